The van der Waals surface area contributed by atoms with Crippen molar-refractivity contribution in [2.75, 3.05) is 11.6 Å². The molecule has 0 saturated carbocycles. The first-order valence-electron chi connectivity index (χ1n) is 5.17. The third-order valence-electron chi connectivity index (χ3n) is 2.26. The molecule has 0 bridgehead atoms. The summed E-state index contributed by atoms with van der Waals surface area (Å²) in [7, 11) is 0. The number of phenols is 1. The first-order valence-corrected chi connectivity index (χ1v) is 7.74. The number of nitrogens with two attached hydrogens (primary N) is 1. The van der Waals surface area contributed by atoms with Crippen molar-refractivity contribution in [3.63, 3.8) is 0 Å². The largest absolute Gasteiger partial charge is 0.506 e. The van der Waals surface area contributed by atoms with E-state index in [2.05, 4.69) is 48.6 Å². The fraction of sp³-hybridized carbons (Fsp3) is 0.0909. The maximum absolute atomic E-state index is 10.1. The van der Waals surface area contributed by atoms with Gasteiger partial charge in [0.05, 0.1) is 10.0 Å². The van der Waals surface area contributed by atoms with Crippen molar-refractivity contribution in [3.8, 4) is 17.1 Å². The summed E-state index contributed by atoms with van der Waals surface area (Å²) in [4.78, 5) is 0. The number of halogens is 2. The van der Waals surface area contributed by atoms with Gasteiger partial charge in [-0.2, -0.15) is 0 Å². The third kappa shape index (κ3) is 2.96. The number of hydrogen-bond donors (Lipinski definition) is 2. The van der Waals surface area contributed by atoms with E-state index in [0.29, 0.717) is 26.8 Å². The standard InChI is InChI=1S/C11H10Br2N4OS/c1-2-3-19-11-16-15-10(17(11)14)7-4-6(12)5-8(13)9(7)18/h2,4-5,18H,1,3,14H2. The third-order valence-corrected chi connectivity index (χ3v) is 4.27. The maximum atomic E-state index is 10.1. The van der Waals surface area contributed by atoms with Crippen molar-refractivity contribution in [2.45, 2.75) is 5.16 Å². The minimum Gasteiger partial charge on any atom is -0.506 e. The summed E-state index contributed by atoms with van der Waals surface area (Å²) in [5.74, 6) is 7.09. The van der Waals surface area contributed by atoms with Gasteiger partial charge in [-0.05, 0) is 28.1 Å². The molecule has 0 aliphatic carbocycles. The lowest BCUT2D eigenvalue weighted by molar-refractivity contribution is 0.473. The summed E-state index contributed by atoms with van der Waals surface area (Å²) in [6.07, 6.45) is 1.76. The molecule has 2 aromatic rings. The first-order chi connectivity index (χ1) is 9.04. The predicted octanol–water partition coefficient (Wildman–Crippen LogP) is 3.17. The summed E-state index contributed by atoms with van der Waals surface area (Å²) in [6.45, 7) is 3.64. The van der Waals surface area contributed by atoms with Crippen LogP contribution in [-0.2, 0) is 0 Å². The molecule has 0 aliphatic heterocycles. The minimum absolute atomic E-state index is 0.0718. The van der Waals surface area contributed by atoms with Crippen LogP contribution in [0.1, 0.15) is 0 Å². The Morgan fingerprint density at radius 2 is 2.16 bits per heavy atom. The molecule has 1 heterocycles. The summed E-state index contributed by atoms with van der Waals surface area (Å²) >= 11 is 8.05. The second-order valence-corrected chi connectivity index (χ2v) is 6.32. The van der Waals surface area contributed by atoms with E-state index in [0.717, 1.165) is 4.47 Å². The van der Waals surface area contributed by atoms with Crippen LogP contribution >= 0.6 is 43.6 Å². The molecule has 0 spiro atoms. The van der Waals surface area contributed by atoms with E-state index in [4.69, 9.17) is 5.84 Å². The summed E-state index contributed by atoms with van der Waals surface area (Å²) in [5.41, 5.74) is 0.502. The van der Waals surface area contributed by atoms with Crippen LogP contribution in [0.15, 0.2) is 38.9 Å². The van der Waals surface area contributed by atoms with Gasteiger partial charge in [-0.3, -0.25) is 0 Å². The SMILES string of the molecule is C=CCSc1nnc(-c2cc(Br)cc(Br)c2O)n1N. The molecule has 1 aromatic carbocycles. The van der Waals surface area contributed by atoms with E-state index in [1.807, 2.05) is 0 Å². The highest BCUT2D eigenvalue weighted by molar-refractivity contribution is 9.11. The van der Waals surface area contributed by atoms with E-state index in [-0.39, 0.29) is 5.75 Å². The lowest BCUT2D eigenvalue weighted by Crippen LogP contribution is -2.11. The van der Waals surface area contributed by atoms with Crippen molar-refractivity contribution in [2.24, 2.45) is 0 Å². The zero-order valence-corrected chi connectivity index (χ0v) is 13.7. The Morgan fingerprint density at radius 1 is 1.42 bits per heavy atom. The topological polar surface area (TPSA) is 77.0 Å². The second kappa shape index (κ2) is 5.98. The quantitative estimate of drug-likeness (QED) is 0.464. The molecule has 19 heavy (non-hydrogen) atoms. The van der Waals surface area contributed by atoms with Gasteiger partial charge in [-0.15, -0.1) is 16.8 Å². The van der Waals surface area contributed by atoms with Gasteiger partial charge in [0.2, 0.25) is 5.16 Å². The van der Waals surface area contributed by atoms with E-state index in [1.54, 1.807) is 18.2 Å². The van der Waals surface area contributed by atoms with Crippen LogP contribution in [-0.4, -0.2) is 25.7 Å². The van der Waals surface area contributed by atoms with Gasteiger partial charge in [-0.25, -0.2) is 4.68 Å². The zero-order chi connectivity index (χ0) is 14.0. The van der Waals surface area contributed by atoms with Gasteiger partial charge >= 0.3 is 0 Å². The number of nitrogen functional groups attached to an aromatic ring is 1. The van der Waals surface area contributed by atoms with Crippen molar-refractivity contribution < 1.29 is 5.11 Å². The van der Waals surface area contributed by atoms with Gasteiger partial charge in [0, 0.05) is 10.2 Å². The number of rotatable bonds is 4. The number of phenolic OH excluding ortho intramolecular Hbond substituents is 1. The Bertz CT molecular complexity index is 629. The minimum atomic E-state index is 0.0718. The average Bonchev–Trinajstić information content (AvgIpc) is 2.73. The Balaban J connectivity index is 2.48. The second-order valence-electron chi connectivity index (χ2n) is 3.56. The van der Waals surface area contributed by atoms with Crippen LogP contribution in [0.3, 0.4) is 0 Å². The molecule has 0 atom stereocenters. The van der Waals surface area contributed by atoms with Crippen LogP contribution in [0, 0.1) is 0 Å². The van der Waals surface area contributed by atoms with Crippen LogP contribution in [0.5, 0.6) is 5.75 Å². The highest BCUT2D eigenvalue weighted by Gasteiger charge is 2.17. The normalized spacial score (nSPS) is 10.6. The fourth-order valence-corrected chi connectivity index (χ4v) is 3.25. The lowest BCUT2D eigenvalue weighted by atomic mass is 10.2. The zero-order valence-electron chi connectivity index (χ0n) is 9.68. The molecule has 3 N–H and O–H groups in total. The van der Waals surface area contributed by atoms with E-state index in [1.165, 1.54) is 16.4 Å². The van der Waals surface area contributed by atoms with Crippen LogP contribution in [0.4, 0.5) is 0 Å². The molecular formula is C11H10Br2N4OS. The van der Waals surface area contributed by atoms with Crippen LogP contribution in [0.25, 0.3) is 11.4 Å². The highest BCUT2D eigenvalue weighted by Crippen LogP contribution is 2.37. The fourth-order valence-electron chi connectivity index (χ4n) is 1.43. The number of thioether (sulfide) groups is 1. The van der Waals surface area contributed by atoms with Crippen molar-refractivity contribution in [3.05, 3.63) is 33.7 Å². The summed E-state index contributed by atoms with van der Waals surface area (Å²) < 4.78 is 2.71. The van der Waals surface area contributed by atoms with Gasteiger partial charge in [0.1, 0.15) is 5.75 Å². The molecular weight excluding hydrogens is 396 g/mol. The average molecular weight is 406 g/mol. The highest BCUT2D eigenvalue weighted by atomic mass is 79.9. The molecule has 0 radical (unpaired) electrons. The maximum Gasteiger partial charge on any atom is 0.210 e. The van der Waals surface area contributed by atoms with Gasteiger partial charge in [0.15, 0.2) is 5.82 Å². The molecule has 100 valence electrons. The number of aromatic hydroxyl groups is 1. The number of hydrogen-bond acceptors (Lipinski definition) is 5. The Labute approximate surface area is 131 Å². The summed E-state index contributed by atoms with van der Waals surface area (Å²) in [5, 5.41) is 18.6. The van der Waals surface area contributed by atoms with Crippen molar-refractivity contribution in [1.82, 2.24) is 14.9 Å². The van der Waals surface area contributed by atoms with E-state index >= 15 is 0 Å². The Kier molecular flexibility index (Phi) is 4.54. The van der Waals surface area contributed by atoms with Gasteiger partial charge in [0.25, 0.3) is 0 Å². The molecule has 0 aliphatic rings. The predicted molar refractivity (Wildman–Crippen MR) is 83.6 cm³/mol. The molecule has 1 aromatic heterocycles. The molecule has 8 heteroatoms. The van der Waals surface area contributed by atoms with Crippen molar-refractivity contribution >= 4 is 43.6 Å². The number of aromatic nitrogens is 3. The number of nitrogens with zero attached hydrogens (tertiary/aromatic N) is 3. The molecule has 0 saturated heterocycles. The monoisotopic (exact) mass is 404 g/mol. The van der Waals surface area contributed by atoms with Crippen molar-refractivity contribution in [1.29, 1.82) is 0 Å². The van der Waals surface area contributed by atoms with E-state index in [9.17, 15) is 5.11 Å². The molecule has 0 amide bonds. The molecule has 0 unspecified atom stereocenters. The van der Waals surface area contributed by atoms with Gasteiger partial charge < -0.3 is 10.9 Å². The van der Waals surface area contributed by atoms with E-state index < -0.39 is 0 Å². The van der Waals surface area contributed by atoms with Crippen LogP contribution < -0.4 is 5.84 Å². The molecule has 2 rings (SSSR count). The molecule has 5 nitrogen and oxygen atoms in total. The van der Waals surface area contributed by atoms with Crippen LogP contribution in [0.2, 0.25) is 0 Å². The Morgan fingerprint density at radius 3 is 2.84 bits per heavy atom. The molecule has 0 fully saturated rings. The summed E-state index contributed by atoms with van der Waals surface area (Å²) in [6, 6.07) is 3.47. The lowest BCUT2D eigenvalue weighted by Gasteiger charge is -2.07. The number of benzene rings is 1. The first kappa shape index (κ1) is 14.4. The van der Waals surface area contributed by atoms with Gasteiger partial charge in [-0.1, -0.05) is 33.8 Å². The Hall–Kier alpha value is -0.990. The smallest absolute Gasteiger partial charge is 0.210 e.